The Morgan fingerprint density at radius 2 is 2.11 bits per heavy atom. The quantitative estimate of drug-likeness (QED) is 0.815. The predicted octanol–water partition coefficient (Wildman–Crippen LogP) is 2.31. The lowest BCUT2D eigenvalue weighted by molar-refractivity contribution is -0.142. The maximum Gasteiger partial charge on any atom is 0.243 e. The van der Waals surface area contributed by atoms with Crippen LogP contribution in [-0.2, 0) is 4.79 Å². The van der Waals surface area contributed by atoms with Gasteiger partial charge in [0.1, 0.15) is 0 Å². The maximum absolute atomic E-state index is 13.0. The Kier molecular flexibility index (Phi) is 3.35. The van der Waals surface area contributed by atoms with E-state index in [4.69, 9.17) is 0 Å². The fourth-order valence-electron chi connectivity index (χ4n) is 4.42. The summed E-state index contributed by atoms with van der Waals surface area (Å²) in [6, 6.07) is 0.567. The minimum absolute atomic E-state index is 0.218. The summed E-state index contributed by atoms with van der Waals surface area (Å²) in [5.41, 5.74) is -0.218. The molecule has 3 rings (SSSR count). The summed E-state index contributed by atoms with van der Waals surface area (Å²) in [7, 11) is 0. The molecule has 18 heavy (non-hydrogen) atoms. The molecule has 102 valence electrons. The molecule has 3 heteroatoms. The third-order valence-corrected chi connectivity index (χ3v) is 5.51. The molecule has 1 N–H and O–H groups in total. The average Bonchev–Trinajstić information content (AvgIpc) is 3.06. The van der Waals surface area contributed by atoms with Crippen LogP contribution >= 0.6 is 0 Å². The number of carbonyl (C=O) groups is 1. The Labute approximate surface area is 110 Å². The van der Waals surface area contributed by atoms with Crippen LogP contribution in [0.3, 0.4) is 0 Å². The molecule has 0 aromatic rings. The fraction of sp³-hybridized carbons (Fsp3) is 0.933. The van der Waals surface area contributed by atoms with Crippen molar-refractivity contribution in [2.75, 3.05) is 13.1 Å². The number of likely N-dealkylation sites (tertiary alicyclic amines) is 1. The van der Waals surface area contributed by atoms with Gasteiger partial charge in [-0.25, -0.2) is 0 Å². The molecule has 2 heterocycles. The summed E-state index contributed by atoms with van der Waals surface area (Å²) >= 11 is 0. The number of amides is 1. The van der Waals surface area contributed by atoms with Gasteiger partial charge in [0, 0.05) is 12.6 Å². The van der Waals surface area contributed by atoms with Crippen LogP contribution in [0.25, 0.3) is 0 Å². The number of piperidine rings is 1. The predicted molar refractivity (Wildman–Crippen MR) is 72.3 cm³/mol. The third-order valence-electron chi connectivity index (χ3n) is 5.51. The minimum atomic E-state index is -0.218. The Hall–Kier alpha value is -0.570. The van der Waals surface area contributed by atoms with Crippen LogP contribution in [-0.4, -0.2) is 35.5 Å². The number of nitrogens with one attached hydrogen (secondary N) is 1. The SMILES string of the molecule is CCC1(C(=O)N2CCCC3CCCC32)CCCN1. The van der Waals surface area contributed by atoms with Crippen molar-refractivity contribution < 1.29 is 4.79 Å². The molecule has 3 nitrogen and oxygen atoms in total. The molecule has 3 atom stereocenters. The average molecular weight is 250 g/mol. The van der Waals surface area contributed by atoms with E-state index >= 15 is 0 Å². The van der Waals surface area contributed by atoms with E-state index in [1.165, 1.54) is 32.1 Å². The highest BCUT2D eigenvalue weighted by Crippen LogP contribution is 2.39. The van der Waals surface area contributed by atoms with Gasteiger partial charge in [-0.2, -0.15) is 0 Å². The lowest BCUT2D eigenvalue weighted by Crippen LogP contribution is -2.59. The number of hydrogen-bond acceptors (Lipinski definition) is 2. The van der Waals surface area contributed by atoms with Gasteiger partial charge >= 0.3 is 0 Å². The molecule has 0 bridgehead atoms. The van der Waals surface area contributed by atoms with E-state index in [0.717, 1.165) is 38.3 Å². The molecule has 0 aromatic heterocycles. The fourth-order valence-corrected chi connectivity index (χ4v) is 4.42. The van der Waals surface area contributed by atoms with Crippen molar-refractivity contribution in [1.29, 1.82) is 0 Å². The van der Waals surface area contributed by atoms with E-state index in [0.29, 0.717) is 11.9 Å². The third kappa shape index (κ3) is 1.87. The van der Waals surface area contributed by atoms with Gasteiger partial charge in [-0.15, -0.1) is 0 Å². The van der Waals surface area contributed by atoms with Crippen molar-refractivity contribution in [1.82, 2.24) is 10.2 Å². The molecule has 1 saturated carbocycles. The van der Waals surface area contributed by atoms with E-state index in [9.17, 15) is 4.79 Å². The van der Waals surface area contributed by atoms with Crippen LogP contribution in [0, 0.1) is 5.92 Å². The monoisotopic (exact) mass is 250 g/mol. The van der Waals surface area contributed by atoms with Crippen LogP contribution in [0.2, 0.25) is 0 Å². The van der Waals surface area contributed by atoms with E-state index in [1.54, 1.807) is 0 Å². The summed E-state index contributed by atoms with van der Waals surface area (Å²) in [5, 5.41) is 3.51. The molecular weight excluding hydrogens is 224 g/mol. The molecule has 0 aromatic carbocycles. The molecule has 0 radical (unpaired) electrons. The van der Waals surface area contributed by atoms with Gasteiger partial charge in [-0.05, 0) is 57.4 Å². The van der Waals surface area contributed by atoms with Crippen LogP contribution in [0.5, 0.6) is 0 Å². The van der Waals surface area contributed by atoms with Gasteiger partial charge in [0.2, 0.25) is 5.91 Å². The summed E-state index contributed by atoms with van der Waals surface area (Å²) < 4.78 is 0. The molecule has 2 saturated heterocycles. The first-order valence-corrected chi connectivity index (χ1v) is 7.83. The summed E-state index contributed by atoms with van der Waals surface area (Å²) in [5.74, 6) is 1.22. The summed E-state index contributed by atoms with van der Waals surface area (Å²) in [6.07, 6.45) is 9.62. The van der Waals surface area contributed by atoms with E-state index in [-0.39, 0.29) is 5.54 Å². The largest absolute Gasteiger partial charge is 0.338 e. The Balaban J connectivity index is 1.78. The van der Waals surface area contributed by atoms with Crippen molar-refractivity contribution in [3.8, 4) is 0 Å². The van der Waals surface area contributed by atoms with Crippen LogP contribution in [0.1, 0.15) is 58.3 Å². The summed E-state index contributed by atoms with van der Waals surface area (Å²) in [4.78, 5) is 15.2. The normalized spacial score (nSPS) is 39.9. The number of rotatable bonds is 2. The van der Waals surface area contributed by atoms with Gasteiger partial charge in [-0.3, -0.25) is 4.79 Å². The number of nitrogens with zero attached hydrogens (tertiary/aromatic N) is 1. The van der Waals surface area contributed by atoms with Crippen LogP contribution in [0.4, 0.5) is 0 Å². The minimum Gasteiger partial charge on any atom is -0.338 e. The van der Waals surface area contributed by atoms with Crippen LogP contribution in [0.15, 0.2) is 0 Å². The molecule has 3 aliphatic rings. The topological polar surface area (TPSA) is 32.3 Å². The van der Waals surface area contributed by atoms with Crippen molar-refractivity contribution in [2.24, 2.45) is 5.92 Å². The van der Waals surface area contributed by atoms with E-state index < -0.39 is 0 Å². The highest BCUT2D eigenvalue weighted by molar-refractivity contribution is 5.87. The Morgan fingerprint density at radius 1 is 1.28 bits per heavy atom. The highest BCUT2D eigenvalue weighted by Gasteiger charge is 2.46. The van der Waals surface area contributed by atoms with Gasteiger partial charge in [-0.1, -0.05) is 13.3 Å². The van der Waals surface area contributed by atoms with Gasteiger partial charge < -0.3 is 10.2 Å². The Morgan fingerprint density at radius 3 is 2.83 bits per heavy atom. The number of carbonyl (C=O) groups excluding carboxylic acids is 1. The zero-order valence-corrected chi connectivity index (χ0v) is 11.6. The van der Waals surface area contributed by atoms with Gasteiger partial charge in [0.25, 0.3) is 0 Å². The first-order chi connectivity index (χ1) is 8.77. The van der Waals surface area contributed by atoms with Gasteiger partial charge in [0.05, 0.1) is 5.54 Å². The molecule has 3 unspecified atom stereocenters. The first kappa shape index (κ1) is 12.5. The highest BCUT2D eigenvalue weighted by atomic mass is 16.2. The van der Waals surface area contributed by atoms with E-state index in [2.05, 4.69) is 17.1 Å². The smallest absolute Gasteiger partial charge is 0.243 e. The molecular formula is C15H26N2O. The Bertz CT molecular complexity index is 322. The lowest BCUT2D eigenvalue weighted by Gasteiger charge is -2.42. The zero-order valence-electron chi connectivity index (χ0n) is 11.6. The standard InChI is InChI=1S/C15H26N2O/c1-2-15(9-5-10-16-15)14(18)17-11-4-7-12-6-3-8-13(12)17/h12-13,16H,2-11H2,1H3. The molecule has 2 aliphatic heterocycles. The zero-order chi connectivity index (χ0) is 12.6. The van der Waals surface area contributed by atoms with Gasteiger partial charge in [0.15, 0.2) is 0 Å². The second-order valence-corrected chi connectivity index (χ2v) is 6.37. The first-order valence-electron chi connectivity index (χ1n) is 7.83. The summed E-state index contributed by atoms with van der Waals surface area (Å²) in [6.45, 7) is 4.18. The van der Waals surface area contributed by atoms with Crippen molar-refractivity contribution in [3.05, 3.63) is 0 Å². The van der Waals surface area contributed by atoms with Crippen LogP contribution < -0.4 is 5.32 Å². The second-order valence-electron chi connectivity index (χ2n) is 6.37. The second kappa shape index (κ2) is 4.84. The molecule has 1 amide bonds. The number of hydrogen-bond donors (Lipinski definition) is 1. The maximum atomic E-state index is 13.0. The molecule has 1 aliphatic carbocycles. The van der Waals surface area contributed by atoms with Crippen molar-refractivity contribution in [3.63, 3.8) is 0 Å². The molecule has 0 spiro atoms. The number of fused-ring (bicyclic) bond motifs is 1. The van der Waals surface area contributed by atoms with Crippen molar-refractivity contribution >= 4 is 5.91 Å². The molecule has 3 fully saturated rings. The van der Waals surface area contributed by atoms with Crippen molar-refractivity contribution in [2.45, 2.75) is 69.9 Å². The van der Waals surface area contributed by atoms with E-state index in [1.807, 2.05) is 0 Å². The lowest BCUT2D eigenvalue weighted by atomic mass is 9.87.